The average Bonchev–Trinajstić information content (AvgIpc) is 2.98. The number of aliphatic hydroxyl groups excluding tert-OH is 1. The van der Waals surface area contributed by atoms with Crippen LogP contribution in [0, 0.1) is 18.8 Å². The molecular weight excluding hydrogens is 526 g/mol. The number of ether oxygens (including phenoxy) is 1. The standard InChI is InChI=1S/C36H51NO5/c1-27-16-20-33(21-17-27)42-23-22-36(41)37-34(25-30-12-7-4-8-13-30)35(40)26-31(24-32(39)19-18-28(2)38)15-9-14-29-10-5-3-6-11-29/h4,7-8,12-13,16-17,20-21,29,31,34-35,40H,3,5-6,9-11,14-15,18-19,22-26H2,1-2H3,(H,37,41)/t31-,34+,35+/m1/s1. The molecule has 1 aliphatic carbocycles. The Morgan fingerprint density at radius 1 is 0.952 bits per heavy atom. The first-order valence-electron chi connectivity index (χ1n) is 16.0. The Labute approximate surface area is 252 Å². The van der Waals surface area contributed by atoms with Crippen LogP contribution in [0.5, 0.6) is 5.75 Å². The number of rotatable bonds is 19. The fraction of sp³-hybridized carbons (Fsp3) is 0.583. The van der Waals surface area contributed by atoms with Crippen LogP contribution in [0.15, 0.2) is 54.6 Å². The molecule has 0 unspecified atom stereocenters. The summed E-state index contributed by atoms with van der Waals surface area (Å²) in [6.07, 6.45) is 10.8. The Kier molecular flexibility index (Phi) is 14.8. The first-order valence-corrected chi connectivity index (χ1v) is 16.0. The van der Waals surface area contributed by atoms with E-state index < -0.39 is 12.1 Å². The molecule has 0 aromatic heterocycles. The molecule has 1 aliphatic rings. The van der Waals surface area contributed by atoms with E-state index in [9.17, 15) is 19.5 Å². The maximum Gasteiger partial charge on any atom is 0.223 e. The average molecular weight is 578 g/mol. The number of nitrogens with one attached hydrogen (secondary N) is 1. The van der Waals surface area contributed by atoms with Gasteiger partial charge in [0.2, 0.25) is 5.91 Å². The van der Waals surface area contributed by atoms with Gasteiger partial charge in [0.05, 0.1) is 25.2 Å². The molecule has 2 aromatic carbocycles. The highest BCUT2D eigenvalue weighted by Gasteiger charge is 2.27. The quantitative estimate of drug-likeness (QED) is 0.189. The molecule has 42 heavy (non-hydrogen) atoms. The summed E-state index contributed by atoms with van der Waals surface area (Å²) in [6.45, 7) is 3.78. The van der Waals surface area contributed by atoms with Crippen LogP contribution in [-0.2, 0) is 20.8 Å². The molecule has 0 aliphatic heterocycles. The Morgan fingerprint density at radius 2 is 1.67 bits per heavy atom. The van der Waals surface area contributed by atoms with Gasteiger partial charge in [-0.2, -0.15) is 0 Å². The van der Waals surface area contributed by atoms with Crippen LogP contribution in [0.1, 0.15) is 102 Å². The summed E-state index contributed by atoms with van der Waals surface area (Å²) in [6, 6.07) is 17.1. The highest BCUT2D eigenvalue weighted by atomic mass is 16.5. The van der Waals surface area contributed by atoms with Gasteiger partial charge >= 0.3 is 0 Å². The first-order chi connectivity index (χ1) is 20.3. The third-order valence-electron chi connectivity index (χ3n) is 8.52. The molecule has 230 valence electrons. The molecule has 6 nitrogen and oxygen atoms in total. The van der Waals surface area contributed by atoms with Crippen molar-refractivity contribution in [2.45, 2.75) is 116 Å². The lowest BCUT2D eigenvalue weighted by atomic mass is 9.82. The molecule has 1 fully saturated rings. The third kappa shape index (κ3) is 13.3. The Morgan fingerprint density at radius 3 is 2.36 bits per heavy atom. The van der Waals surface area contributed by atoms with Crippen molar-refractivity contribution < 1.29 is 24.2 Å². The van der Waals surface area contributed by atoms with E-state index in [4.69, 9.17) is 4.74 Å². The zero-order valence-corrected chi connectivity index (χ0v) is 25.7. The number of hydrogen-bond acceptors (Lipinski definition) is 5. The molecule has 3 rings (SSSR count). The zero-order chi connectivity index (χ0) is 30.2. The molecule has 0 heterocycles. The van der Waals surface area contributed by atoms with Gasteiger partial charge in [0.25, 0.3) is 0 Å². The van der Waals surface area contributed by atoms with Crippen molar-refractivity contribution in [3.05, 3.63) is 65.7 Å². The molecule has 1 amide bonds. The minimum Gasteiger partial charge on any atom is -0.493 e. The molecule has 0 saturated heterocycles. The Balaban J connectivity index is 1.61. The van der Waals surface area contributed by atoms with E-state index in [0.29, 0.717) is 19.3 Å². The van der Waals surface area contributed by atoms with Gasteiger partial charge in [-0.25, -0.2) is 0 Å². The van der Waals surface area contributed by atoms with E-state index in [1.807, 2.05) is 61.5 Å². The molecule has 2 N–H and O–H groups in total. The number of benzene rings is 2. The predicted molar refractivity (Wildman–Crippen MR) is 167 cm³/mol. The van der Waals surface area contributed by atoms with Crippen LogP contribution >= 0.6 is 0 Å². The smallest absolute Gasteiger partial charge is 0.223 e. The number of hydrogen-bond donors (Lipinski definition) is 2. The van der Waals surface area contributed by atoms with Gasteiger partial charge in [0, 0.05) is 19.3 Å². The summed E-state index contributed by atoms with van der Waals surface area (Å²) >= 11 is 0. The van der Waals surface area contributed by atoms with Crippen LogP contribution in [0.4, 0.5) is 0 Å². The fourth-order valence-corrected chi connectivity index (χ4v) is 6.05. The Hall–Kier alpha value is -2.99. The van der Waals surface area contributed by atoms with E-state index in [0.717, 1.165) is 35.6 Å². The van der Waals surface area contributed by atoms with Gasteiger partial charge in [-0.1, -0.05) is 93.0 Å². The highest BCUT2D eigenvalue weighted by Crippen LogP contribution is 2.30. The number of aliphatic hydroxyl groups is 1. The van der Waals surface area contributed by atoms with Crippen molar-refractivity contribution in [3.8, 4) is 5.75 Å². The molecule has 0 radical (unpaired) electrons. The van der Waals surface area contributed by atoms with Gasteiger partial charge in [0.15, 0.2) is 0 Å². The lowest BCUT2D eigenvalue weighted by Gasteiger charge is -2.28. The van der Waals surface area contributed by atoms with E-state index in [1.165, 1.54) is 45.4 Å². The predicted octanol–water partition coefficient (Wildman–Crippen LogP) is 6.94. The normalized spacial score (nSPS) is 15.9. The van der Waals surface area contributed by atoms with Crippen LogP contribution in [0.2, 0.25) is 0 Å². The number of ketones is 2. The van der Waals surface area contributed by atoms with Crippen molar-refractivity contribution in [1.29, 1.82) is 0 Å². The first kappa shape index (κ1) is 33.5. The number of carbonyl (C=O) groups is 3. The van der Waals surface area contributed by atoms with Crippen molar-refractivity contribution in [2.75, 3.05) is 6.61 Å². The molecule has 0 spiro atoms. The highest BCUT2D eigenvalue weighted by molar-refractivity contribution is 5.84. The van der Waals surface area contributed by atoms with E-state index in [1.54, 1.807) is 0 Å². The largest absolute Gasteiger partial charge is 0.493 e. The molecule has 3 atom stereocenters. The van der Waals surface area contributed by atoms with Crippen LogP contribution < -0.4 is 10.1 Å². The lowest BCUT2D eigenvalue weighted by Crippen LogP contribution is -2.46. The molecule has 6 heteroatoms. The molecule has 0 bridgehead atoms. The van der Waals surface area contributed by atoms with Gasteiger partial charge in [0.1, 0.15) is 17.3 Å². The summed E-state index contributed by atoms with van der Waals surface area (Å²) in [4.78, 5) is 37.2. The topological polar surface area (TPSA) is 92.7 Å². The van der Waals surface area contributed by atoms with E-state index in [-0.39, 0.29) is 49.3 Å². The number of carbonyl (C=O) groups excluding carboxylic acids is 3. The van der Waals surface area contributed by atoms with Crippen molar-refractivity contribution in [2.24, 2.45) is 11.8 Å². The summed E-state index contributed by atoms with van der Waals surface area (Å²) < 4.78 is 5.75. The summed E-state index contributed by atoms with van der Waals surface area (Å²) in [5.74, 6) is 1.44. The van der Waals surface area contributed by atoms with Crippen molar-refractivity contribution in [3.63, 3.8) is 0 Å². The fourth-order valence-electron chi connectivity index (χ4n) is 6.05. The van der Waals surface area contributed by atoms with Crippen molar-refractivity contribution in [1.82, 2.24) is 5.32 Å². The number of amides is 1. The van der Waals surface area contributed by atoms with Crippen LogP contribution in [-0.4, -0.2) is 41.3 Å². The number of aryl methyl sites for hydroxylation is 1. The Bertz CT molecular complexity index is 1080. The summed E-state index contributed by atoms with van der Waals surface area (Å²) in [5, 5.41) is 14.6. The van der Waals surface area contributed by atoms with E-state index in [2.05, 4.69) is 5.32 Å². The minimum atomic E-state index is -0.799. The zero-order valence-electron chi connectivity index (χ0n) is 25.7. The number of Topliss-reactive ketones (excluding diaryl/α,β-unsaturated/α-hetero) is 2. The maximum atomic E-state index is 13.0. The lowest BCUT2D eigenvalue weighted by molar-refractivity contribution is -0.124. The monoisotopic (exact) mass is 577 g/mol. The SMILES string of the molecule is CC(=O)CCC(=O)C[C@@H](CCCC1CCCCC1)C[C@H](O)[C@H](Cc1ccccc1)NC(=O)CCOc1ccc(C)cc1. The van der Waals surface area contributed by atoms with Gasteiger partial charge < -0.3 is 20.0 Å². The van der Waals surface area contributed by atoms with Gasteiger partial charge in [-0.3, -0.25) is 9.59 Å². The molecular formula is C36H51NO5. The second kappa shape index (κ2) is 18.5. The maximum absolute atomic E-state index is 13.0. The molecule has 1 saturated carbocycles. The summed E-state index contributed by atoms with van der Waals surface area (Å²) in [5.41, 5.74) is 2.18. The van der Waals surface area contributed by atoms with Gasteiger partial charge in [-0.15, -0.1) is 0 Å². The van der Waals surface area contributed by atoms with Crippen molar-refractivity contribution >= 4 is 17.5 Å². The third-order valence-corrected chi connectivity index (χ3v) is 8.52. The van der Waals surface area contributed by atoms with Crippen LogP contribution in [0.3, 0.4) is 0 Å². The van der Waals surface area contributed by atoms with E-state index >= 15 is 0 Å². The second-order valence-electron chi connectivity index (χ2n) is 12.3. The van der Waals surface area contributed by atoms with Crippen LogP contribution in [0.25, 0.3) is 0 Å². The molecule has 2 aromatic rings. The summed E-state index contributed by atoms with van der Waals surface area (Å²) in [7, 11) is 0. The minimum absolute atomic E-state index is 0.0168. The van der Waals surface area contributed by atoms with Gasteiger partial charge in [-0.05, 0) is 62.6 Å². The second-order valence-corrected chi connectivity index (χ2v) is 12.3.